The zero-order valence-corrected chi connectivity index (χ0v) is 16.4. The molecule has 1 N–H and O–H groups in total. The van der Waals surface area contributed by atoms with Crippen LogP contribution in [0.4, 0.5) is 0 Å². The number of carbonyl (C=O) groups excluding carboxylic acids is 1. The van der Waals surface area contributed by atoms with Gasteiger partial charge < -0.3 is 14.2 Å². The molecule has 0 aliphatic rings. The van der Waals surface area contributed by atoms with Gasteiger partial charge in [-0.3, -0.25) is 0 Å². The van der Waals surface area contributed by atoms with Gasteiger partial charge in [-0.1, -0.05) is 28.1 Å². The maximum atomic E-state index is 12.0. The van der Waals surface area contributed by atoms with Crippen LogP contribution in [0.3, 0.4) is 0 Å². The number of nitrogens with one attached hydrogen (secondary N) is 1. The van der Waals surface area contributed by atoms with Gasteiger partial charge in [0.1, 0.15) is 12.3 Å². The summed E-state index contributed by atoms with van der Waals surface area (Å²) in [6.07, 6.45) is 0. The maximum Gasteiger partial charge on any atom is 0.361 e. The highest BCUT2D eigenvalue weighted by Crippen LogP contribution is 2.33. The summed E-state index contributed by atoms with van der Waals surface area (Å²) < 4.78 is 17.3. The molecule has 0 fully saturated rings. The predicted molar refractivity (Wildman–Crippen MR) is 103 cm³/mol. The fraction of sp³-hybridized carbons (Fsp3) is 0.211. The standard InChI is InChI=1S/C19H18BrN3O4/c1-3-26-19(24)18-17(21-23-22-18)13-6-9-15(25-2)16(10-13)27-11-12-4-7-14(20)8-5-12/h4-10H,3,11H2,1-2H3,(H,21,22,23). The Hall–Kier alpha value is -2.87. The van der Waals surface area contributed by atoms with E-state index in [9.17, 15) is 4.79 Å². The van der Waals surface area contributed by atoms with Crippen molar-refractivity contribution in [3.8, 4) is 22.8 Å². The van der Waals surface area contributed by atoms with Crippen molar-refractivity contribution in [2.45, 2.75) is 13.5 Å². The molecule has 27 heavy (non-hydrogen) atoms. The summed E-state index contributed by atoms with van der Waals surface area (Å²) >= 11 is 3.41. The second-order valence-electron chi connectivity index (χ2n) is 5.52. The molecular weight excluding hydrogens is 414 g/mol. The molecule has 0 unspecified atom stereocenters. The van der Waals surface area contributed by atoms with Crippen LogP contribution in [0.15, 0.2) is 46.9 Å². The van der Waals surface area contributed by atoms with Crippen LogP contribution in [-0.2, 0) is 11.3 Å². The molecule has 0 amide bonds. The van der Waals surface area contributed by atoms with Crippen molar-refractivity contribution >= 4 is 21.9 Å². The number of esters is 1. The molecule has 0 spiro atoms. The first-order chi connectivity index (χ1) is 13.1. The summed E-state index contributed by atoms with van der Waals surface area (Å²) in [4.78, 5) is 12.0. The third-order valence-corrected chi connectivity index (χ3v) is 4.29. The topological polar surface area (TPSA) is 86.3 Å². The van der Waals surface area contributed by atoms with Gasteiger partial charge in [0.15, 0.2) is 17.2 Å². The van der Waals surface area contributed by atoms with Crippen molar-refractivity contribution in [1.29, 1.82) is 0 Å². The minimum Gasteiger partial charge on any atom is -0.493 e. The van der Waals surface area contributed by atoms with E-state index in [1.807, 2.05) is 24.3 Å². The summed E-state index contributed by atoms with van der Waals surface area (Å²) in [6, 6.07) is 13.1. The number of hydrogen-bond donors (Lipinski definition) is 1. The Balaban J connectivity index is 1.86. The number of hydrogen-bond acceptors (Lipinski definition) is 6. The van der Waals surface area contributed by atoms with Gasteiger partial charge in [-0.25, -0.2) is 4.79 Å². The largest absolute Gasteiger partial charge is 0.493 e. The summed E-state index contributed by atoms with van der Waals surface area (Å²) in [7, 11) is 1.57. The molecule has 3 rings (SSSR count). The molecule has 8 heteroatoms. The Morgan fingerprint density at radius 2 is 1.89 bits per heavy atom. The number of H-pyrrole nitrogens is 1. The van der Waals surface area contributed by atoms with Crippen LogP contribution in [0.5, 0.6) is 11.5 Å². The highest BCUT2D eigenvalue weighted by atomic mass is 79.9. The van der Waals surface area contributed by atoms with Crippen LogP contribution in [-0.4, -0.2) is 35.1 Å². The molecule has 0 aliphatic carbocycles. The minimum atomic E-state index is -0.533. The Morgan fingerprint density at radius 1 is 1.11 bits per heavy atom. The van der Waals surface area contributed by atoms with Crippen molar-refractivity contribution in [3.63, 3.8) is 0 Å². The molecule has 0 radical (unpaired) electrons. The van der Waals surface area contributed by atoms with E-state index in [2.05, 4.69) is 31.3 Å². The number of rotatable bonds is 7. The van der Waals surface area contributed by atoms with Gasteiger partial charge >= 0.3 is 5.97 Å². The predicted octanol–water partition coefficient (Wildman–Crippen LogP) is 4.00. The Labute approximate surface area is 164 Å². The Bertz CT molecular complexity index is 925. The number of aromatic amines is 1. The van der Waals surface area contributed by atoms with Crippen LogP contribution >= 0.6 is 15.9 Å². The zero-order chi connectivity index (χ0) is 19.2. The van der Waals surface area contributed by atoms with Gasteiger partial charge in [0.25, 0.3) is 0 Å². The molecule has 1 heterocycles. The Morgan fingerprint density at radius 3 is 2.59 bits per heavy atom. The van der Waals surface area contributed by atoms with Gasteiger partial charge in [-0.15, -0.1) is 5.10 Å². The minimum absolute atomic E-state index is 0.126. The van der Waals surface area contributed by atoms with Crippen molar-refractivity contribution in [3.05, 3.63) is 58.2 Å². The van der Waals surface area contributed by atoms with Crippen molar-refractivity contribution in [2.75, 3.05) is 13.7 Å². The second kappa shape index (κ2) is 8.68. The normalized spacial score (nSPS) is 10.5. The number of methoxy groups -OCH3 is 1. The molecule has 3 aromatic rings. The van der Waals surface area contributed by atoms with Crippen molar-refractivity contribution in [1.82, 2.24) is 15.4 Å². The maximum absolute atomic E-state index is 12.0. The molecule has 0 bridgehead atoms. The van der Waals surface area contributed by atoms with Crippen molar-refractivity contribution in [2.24, 2.45) is 0 Å². The third kappa shape index (κ3) is 4.46. The monoisotopic (exact) mass is 431 g/mol. The van der Waals surface area contributed by atoms with Gasteiger partial charge in [-0.2, -0.15) is 10.3 Å². The third-order valence-electron chi connectivity index (χ3n) is 3.76. The molecule has 0 aliphatic heterocycles. The molecule has 7 nitrogen and oxygen atoms in total. The fourth-order valence-corrected chi connectivity index (χ4v) is 2.72. The first-order valence-electron chi connectivity index (χ1n) is 8.26. The SMILES string of the molecule is CCOC(=O)c1n[nH]nc1-c1ccc(OC)c(OCc2ccc(Br)cc2)c1. The van der Waals surface area contributed by atoms with E-state index in [0.29, 0.717) is 29.4 Å². The molecule has 0 atom stereocenters. The number of ether oxygens (including phenoxy) is 3. The van der Waals surface area contributed by atoms with E-state index in [1.165, 1.54) is 0 Å². The van der Waals surface area contributed by atoms with E-state index in [-0.39, 0.29) is 12.3 Å². The van der Waals surface area contributed by atoms with Crippen LogP contribution < -0.4 is 9.47 Å². The Kier molecular flexibility index (Phi) is 6.08. The van der Waals surface area contributed by atoms with Gasteiger partial charge in [-0.05, 0) is 42.8 Å². The lowest BCUT2D eigenvalue weighted by molar-refractivity contribution is 0.0520. The first-order valence-corrected chi connectivity index (χ1v) is 9.05. The first kappa shape index (κ1) is 18.9. The van der Waals surface area contributed by atoms with Crippen molar-refractivity contribution < 1.29 is 19.0 Å². The van der Waals surface area contributed by atoms with Crippen LogP contribution in [0.1, 0.15) is 23.0 Å². The smallest absolute Gasteiger partial charge is 0.361 e. The molecule has 2 aromatic carbocycles. The lowest BCUT2D eigenvalue weighted by Gasteiger charge is -2.12. The molecule has 0 saturated carbocycles. The van der Waals surface area contributed by atoms with Gasteiger partial charge in [0.2, 0.25) is 0 Å². The highest BCUT2D eigenvalue weighted by molar-refractivity contribution is 9.10. The summed E-state index contributed by atoms with van der Waals surface area (Å²) in [6.45, 7) is 2.37. The zero-order valence-electron chi connectivity index (χ0n) is 14.9. The van der Waals surface area contributed by atoms with Gasteiger partial charge in [0.05, 0.1) is 13.7 Å². The van der Waals surface area contributed by atoms with E-state index in [4.69, 9.17) is 14.2 Å². The molecule has 1 aromatic heterocycles. The lowest BCUT2D eigenvalue weighted by Crippen LogP contribution is -2.07. The summed E-state index contributed by atoms with van der Waals surface area (Å²) in [5.74, 6) is 0.585. The molecular formula is C19H18BrN3O4. The summed E-state index contributed by atoms with van der Waals surface area (Å²) in [5.41, 5.74) is 2.20. The molecule has 0 saturated heterocycles. The number of halogens is 1. The van der Waals surface area contributed by atoms with E-state index in [1.54, 1.807) is 32.2 Å². The van der Waals surface area contributed by atoms with E-state index in [0.717, 1.165) is 10.0 Å². The average Bonchev–Trinajstić information content (AvgIpc) is 3.17. The number of nitrogens with zero attached hydrogens (tertiary/aromatic N) is 2. The quantitative estimate of drug-likeness (QED) is 0.568. The van der Waals surface area contributed by atoms with E-state index >= 15 is 0 Å². The number of carbonyl (C=O) groups is 1. The van der Waals surface area contributed by atoms with Crippen LogP contribution in [0.25, 0.3) is 11.3 Å². The average molecular weight is 432 g/mol. The highest BCUT2D eigenvalue weighted by Gasteiger charge is 2.20. The van der Waals surface area contributed by atoms with Crippen LogP contribution in [0.2, 0.25) is 0 Å². The van der Waals surface area contributed by atoms with Crippen LogP contribution in [0, 0.1) is 0 Å². The second-order valence-corrected chi connectivity index (χ2v) is 6.44. The lowest BCUT2D eigenvalue weighted by atomic mass is 10.1. The molecule has 140 valence electrons. The fourth-order valence-electron chi connectivity index (χ4n) is 2.45. The number of aromatic nitrogens is 3. The number of benzene rings is 2. The summed E-state index contributed by atoms with van der Waals surface area (Å²) in [5, 5.41) is 10.4. The van der Waals surface area contributed by atoms with Gasteiger partial charge in [0, 0.05) is 10.0 Å². The van der Waals surface area contributed by atoms with E-state index < -0.39 is 5.97 Å².